The van der Waals surface area contributed by atoms with E-state index in [0.717, 1.165) is 5.56 Å². The monoisotopic (exact) mass is 241 g/mol. The second-order valence-corrected chi connectivity index (χ2v) is 4.04. The first-order chi connectivity index (χ1) is 7.27. The third-order valence-electron chi connectivity index (χ3n) is 1.84. The highest BCUT2D eigenvalue weighted by molar-refractivity contribution is 7.07. The van der Waals surface area contributed by atoms with Crippen molar-refractivity contribution in [2.24, 2.45) is 0 Å². The molecule has 2 rings (SSSR count). The molecule has 0 aliphatic rings. The van der Waals surface area contributed by atoms with Gasteiger partial charge in [-0.25, -0.2) is 4.98 Å². The topological polar surface area (TPSA) is 57.8 Å². The molecule has 6 heteroatoms. The second kappa shape index (κ2) is 4.46. The van der Waals surface area contributed by atoms with Crippen molar-refractivity contribution < 1.29 is 0 Å². The minimum absolute atomic E-state index is 0.0905. The first kappa shape index (κ1) is 10.2. The number of H-pyrrole nitrogens is 1. The Bertz CT molecular complexity index is 494. The number of aromatic nitrogens is 2. The van der Waals surface area contributed by atoms with Crippen molar-refractivity contribution in [2.75, 3.05) is 5.32 Å². The molecule has 0 saturated carbocycles. The molecular weight excluding hydrogens is 234 g/mol. The maximum Gasteiger partial charge on any atom is 0.271 e. The highest BCUT2D eigenvalue weighted by Crippen LogP contribution is 2.14. The summed E-state index contributed by atoms with van der Waals surface area (Å²) >= 11 is 7.39. The van der Waals surface area contributed by atoms with Crippen molar-refractivity contribution in [3.8, 4) is 0 Å². The molecule has 2 aromatic heterocycles. The fourth-order valence-corrected chi connectivity index (χ4v) is 1.92. The number of hydrogen-bond acceptors (Lipinski definition) is 4. The number of anilines is 1. The van der Waals surface area contributed by atoms with Crippen LogP contribution in [0.25, 0.3) is 0 Å². The van der Waals surface area contributed by atoms with Crippen molar-refractivity contribution in [3.05, 3.63) is 44.1 Å². The molecule has 0 aliphatic heterocycles. The summed E-state index contributed by atoms with van der Waals surface area (Å²) in [6, 6.07) is 2.00. The summed E-state index contributed by atoms with van der Waals surface area (Å²) in [6.07, 6.45) is 1.32. The van der Waals surface area contributed by atoms with Crippen LogP contribution < -0.4 is 10.9 Å². The Kier molecular flexibility index (Phi) is 3.03. The summed E-state index contributed by atoms with van der Waals surface area (Å²) in [6.45, 7) is 0.611. The predicted octanol–water partition coefficient (Wildman–Crippen LogP) is 2.10. The number of thiophene rings is 1. The van der Waals surface area contributed by atoms with E-state index in [4.69, 9.17) is 11.6 Å². The Hall–Kier alpha value is -1.33. The van der Waals surface area contributed by atoms with Crippen molar-refractivity contribution >= 4 is 28.8 Å². The van der Waals surface area contributed by atoms with Gasteiger partial charge in [0, 0.05) is 6.54 Å². The molecule has 2 N–H and O–H groups in total. The lowest BCUT2D eigenvalue weighted by Crippen LogP contribution is -2.11. The maximum atomic E-state index is 11.1. The van der Waals surface area contributed by atoms with Crippen molar-refractivity contribution in [1.82, 2.24) is 9.97 Å². The molecule has 0 amide bonds. The van der Waals surface area contributed by atoms with Gasteiger partial charge in [-0.15, -0.1) is 0 Å². The molecule has 0 saturated heterocycles. The molecule has 0 bridgehead atoms. The van der Waals surface area contributed by atoms with Gasteiger partial charge in [0.15, 0.2) is 5.82 Å². The number of nitrogens with one attached hydrogen (secondary N) is 2. The third-order valence-corrected chi connectivity index (χ3v) is 2.92. The Morgan fingerprint density at radius 3 is 3.20 bits per heavy atom. The molecule has 0 spiro atoms. The van der Waals surface area contributed by atoms with E-state index in [1.807, 2.05) is 16.8 Å². The Balaban J connectivity index is 2.12. The molecule has 4 nitrogen and oxygen atoms in total. The standard InChI is InChI=1S/C9H8ClN3OS/c10-7-8(12-5-13-9(7)14)11-3-6-1-2-15-4-6/h1-2,4-5H,3H2,(H2,11,12,13,14). The Labute approximate surface area is 94.9 Å². The van der Waals surface area contributed by atoms with Crippen LogP contribution in [-0.4, -0.2) is 9.97 Å². The van der Waals surface area contributed by atoms with Crippen LogP contribution in [0.2, 0.25) is 5.02 Å². The molecule has 0 fully saturated rings. The van der Waals surface area contributed by atoms with E-state index in [9.17, 15) is 4.79 Å². The number of hydrogen-bond donors (Lipinski definition) is 2. The molecule has 0 aromatic carbocycles. The molecule has 15 heavy (non-hydrogen) atoms. The summed E-state index contributed by atoms with van der Waals surface area (Å²) in [4.78, 5) is 17.5. The smallest absolute Gasteiger partial charge is 0.271 e. The van der Waals surface area contributed by atoms with Crippen LogP contribution in [0.1, 0.15) is 5.56 Å². The third kappa shape index (κ3) is 2.37. The van der Waals surface area contributed by atoms with Crippen LogP contribution in [0.4, 0.5) is 5.82 Å². The van der Waals surface area contributed by atoms with Crippen LogP contribution in [0.5, 0.6) is 0 Å². The molecule has 0 aliphatic carbocycles. The molecule has 78 valence electrons. The lowest BCUT2D eigenvalue weighted by molar-refractivity contribution is 1.06. The van der Waals surface area contributed by atoms with E-state index in [1.165, 1.54) is 6.33 Å². The van der Waals surface area contributed by atoms with Gasteiger partial charge in [0.2, 0.25) is 0 Å². The maximum absolute atomic E-state index is 11.1. The average molecular weight is 242 g/mol. The molecule has 2 heterocycles. The Morgan fingerprint density at radius 2 is 2.47 bits per heavy atom. The summed E-state index contributed by atoms with van der Waals surface area (Å²) in [5, 5.41) is 7.10. The molecule has 0 unspecified atom stereocenters. The van der Waals surface area contributed by atoms with E-state index >= 15 is 0 Å². The summed E-state index contributed by atoms with van der Waals surface area (Å²) in [7, 11) is 0. The van der Waals surface area contributed by atoms with Gasteiger partial charge in [-0.2, -0.15) is 11.3 Å². The van der Waals surface area contributed by atoms with Gasteiger partial charge in [-0.1, -0.05) is 11.6 Å². The van der Waals surface area contributed by atoms with E-state index < -0.39 is 0 Å². The molecular formula is C9H8ClN3OS. The van der Waals surface area contributed by atoms with Crippen molar-refractivity contribution in [2.45, 2.75) is 6.54 Å². The molecule has 0 radical (unpaired) electrons. The number of nitrogens with zero attached hydrogens (tertiary/aromatic N) is 1. The summed E-state index contributed by atoms with van der Waals surface area (Å²) < 4.78 is 0. The van der Waals surface area contributed by atoms with Crippen molar-refractivity contribution in [1.29, 1.82) is 0 Å². The number of rotatable bonds is 3. The second-order valence-electron chi connectivity index (χ2n) is 2.88. The summed E-state index contributed by atoms with van der Waals surface area (Å²) in [5.41, 5.74) is 0.803. The summed E-state index contributed by atoms with van der Waals surface area (Å²) in [5.74, 6) is 0.409. The molecule has 2 aromatic rings. The Morgan fingerprint density at radius 1 is 1.60 bits per heavy atom. The van der Waals surface area contributed by atoms with Crippen LogP contribution in [0.3, 0.4) is 0 Å². The van der Waals surface area contributed by atoms with Gasteiger partial charge in [-0.05, 0) is 22.4 Å². The number of aromatic amines is 1. The largest absolute Gasteiger partial charge is 0.365 e. The fourth-order valence-electron chi connectivity index (χ4n) is 1.09. The first-order valence-corrected chi connectivity index (χ1v) is 5.57. The van der Waals surface area contributed by atoms with Gasteiger partial charge in [0.25, 0.3) is 5.56 Å². The van der Waals surface area contributed by atoms with E-state index in [2.05, 4.69) is 15.3 Å². The lowest BCUT2D eigenvalue weighted by Gasteiger charge is -2.04. The van der Waals surface area contributed by atoms with Gasteiger partial charge in [0.1, 0.15) is 5.02 Å². The zero-order valence-corrected chi connectivity index (χ0v) is 9.23. The average Bonchev–Trinajstić information content (AvgIpc) is 2.73. The van der Waals surface area contributed by atoms with Gasteiger partial charge < -0.3 is 10.3 Å². The highest BCUT2D eigenvalue weighted by atomic mass is 35.5. The van der Waals surface area contributed by atoms with Crippen LogP contribution in [0, 0.1) is 0 Å². The van der Waals surface area contributed by atoms with Crippen molar-refractivity contribution in [3.63, 3.8) is 0 Å². The van der Waals surface area contributed by atoms with Gasteiger partial charge >= 0.3 is 0 Å². The minimum Gasteiger partial charge on any atom is -0.365 e. The quantitative estimate of drug-likeness (QED) is 0.865. The SMILES string of the molecule is O=c1[nH]cnc(NCc2ccsc2)c1Cl. The van der Waals surface area contributed by atoms with Crippen LogP contribution in [-0.2, 0) is 6.54 Å². The van der Waals surface area contributed by atoms with E-state index in [0.29, 0.717) is 12.4 Å². The predicted molar refractivity (Wildman–Crippen MR) is 61.5 cm³/mol. The fraction of sp³-hybridized carbons (Fsp3) is 0.111. The van der Waals surface area contributed by atoms with Crippen LogP contribution in [0.15, 0.2) is 27.9 Å². The van der Waals surface area contributed by atoms with E-state index in [-0.39, 0.29) is 10.6 Å². The normalized spacial score (nSPS) is 10.2. The minimum atomic E-state index is -0.334. The zero-order chi connectivity index (χ0) is 10.7. The number of halogens is 1. The van der Waals surface area contributed by atoms with Gasteiger partial charge in [0.05, 0.1) is 6.33 Å². The van der Waals surface area contributed by atoms with E-state index in [1.54, 1.807) is 11.3 Å². The zero-order valence-electron chi connectivity index (χ0n) is 7.66. The molecule has 0 atom stereocenters. The first-order valence-electron chi connectivity index (χ1n) is 4.25. The highest BCUT2D eigenvalue weighted by Gasteiger charge is 2.04. The van der Waals surface area contributed by atoms with Crippen LogP contribution >= 0.6 is 22.9 Å². The lowest BCUT2D eigenvalue weighted by atomic mass is 10.3. The van der Waals surface area contributed by atoms with Gasteiger partial charge in [-0.3, -0.25) is 4.79 Å².